The van der Waals surface area contributed by atoms with Gasteiger partial charge >= 0.3 is 0 Å². The van der Waals surface area contributed by atoms with E-state index in [9.17, 15) is 24.8 Å². The molecule has 0 saturated carbocycles. The molecule has 1 heterocycles. The number of aliphatic hydroxyl groups excluding tert-OH is 4. The van der Waals surface area contributed by atoms with Crippen LogP contribution in [0.15, 0.2) is 42.5 Å². The van der Waals surface area contributed by atoms with Gasteiger partial charge in [-0.15, -0.1) is 0 Å². The van der Waals surface area contributed by atoms with Gasteiger partial charge in [0.05, 0.1) is 6.61 Å². The van der Waals surface area contributed by atoms with E-state index in [-0.39, 0.29) is 5.82 Å². The lowest BCUT2D eigenvalue weighted by Crippen LogP contribution is -2.55. The van der Waals surface area contributed by atoms with Crippen molar-refractivity contribution in [3.05, 3.63) is 70.5 Å². The molecule has 0 amide bonds. The summed E-state index contributed by atoms with van der Waals surface area (Å²) in [6.07, 6.45) is -5.40. The normalized spacial score (nSPS) is 27.8. The topological polar surface area (TPSA) is 90.2 Å². The summed E-state index contributed by atoms with van der Waals surface area (Å²) in [5.41, 5.74) is 2.38. The summed E-state index contributed by atoms with van der Waals surface area (Å²) in [5, 5.41) is 39.9. The van der Waals surface area contributed by atoms with E-state index in [1.807, 2.05) is 38.1 Å². The molecule has 0 radical (unpaired) electrons. The lowest BCUT2D eigenvalue weighted by molar-refractivity contribution is -0.231. The van der Waals surface area contributed by atoms with Crippen molar-refractivity contribution in [2.24, 2.45) is 0 Å². The van der Waals surface area contributed by atoms with Crippen molar-refractivity contribution in [2.45, 2.75) is 63.1 Å². The van der Waals surface area contributed by atoms with Gasteiger partial charge in [0.2, 0.25) is 0 Å². The highest BCUT2D eigenvalue weighted by molar-refractivity contribution is 5.42. The molecule has 2 aromatic rings. The maximum Gasteiger partial charge on any atom is 0.127 e. The molecule has 5 atom stereocenters. The van der Waals surface area contributed by atoms with Gasteiger partial charge in [0.25, 0.3) is 0 Å². The van der Waals surface area contributed by atoms with Crippen molar-refractivity contribution in [2.75, 3.05) is 6.61 Å². The van der Waals surface area contributed by atoms with Gasteiger partial charge in [0, 0.05) is 5.41 Å². The molecule has 0 bridgehead atoms. The second kappa shape index (κ2) is 8.50. The second-order valence-electron chi connectivity index (χ2n) is 8.16. The van der Waals surface area contributed by atoms with Gasteiger partial charge < -0.3 is 25.2 Å². The highest BCUT2D eigenvalue weighted by Gasteiger charge is 2.44. The van der Waals surface area contributed by atoms with Crippen LogP contribution in [0.5, 0.6) is 0 Å². The third-order valence-corrected chi connectivity index (χ3v) is 5.97. The summed E-state index contributed by atoms with van der Waals surface area (Å²) in [6, 6.07) is 12.4. The number of hydrogen-bond acceptors (Lipinski definition) is 5. The molecular weight excluding hydrogens is 375 g/mol. The third kappa shape index (κ3) is 4.09. The molecule has 29 heavy (non-hydrogen) atoms. The van der Waals surface area contributed by atoms with Crippen molar-refractivity contribution >= 4 is 0 Å². The Bertz CT molecular complexity index is 834. The Balaban J connectivity index is 1.99. The van der Waals surface area contributed by atoms with E-state index in [0.29, 0.717) is 11.1 Å². The smallest absolute Gasteiger partial charge is 0.127 e. The first-order valence-electron chi connectivity index (χ1n) is 9.90. The van der Waals surface area contributed by atoms with E-state index >= 15 is 0 Å². The van der Waals surface area contributed by atoms with Crippen LogP contribution < -0.4 is 0 Å². The summed E-state index contributed by atoms with van der Waals surface area (Å²) in [7, 11) is 0. The fraction of sp³-hybridized carbons (Fsp3) is 0.478. The van der Waals surface area contributed by atoms with Crippen molar-refractivity contribution in [3.8, 4) is 0 Å². The molecule has 1 saturated heterocycles. The lowest BCUT2D eigenvalue weighted by atomic mass is 9.76. The van der Waals surface area contributed by atoms with Gasteiger partial charge in [0.1, 0.15) is 36.3 Å². The first-order chi connectivity index (χ1) is 13.7. The summed E-state index contributed by atoms with van der Waals surface area (Å²) in [5.74, 6) is -0.386. The molecule has 4 N–H and O–H groups in total. The monoisotopic (exact) mass is 404 g/mol. The Morgan fingerprint density at radius 2 is 1.62 bits per heavy atom. The van der Waals surface area contributed by atoms with E-state index < -0.39 is 42.5 Å². The van der Waals surface area contributed by atoms with Crippen LogP contribution in [-0.2, 0) is 16.6 Å². The number of ether oxygens (including phenoxy) is 1. The first-order valence-corrected chi connectivity index (χ1v) is 9.90. The Hall–Kier alpha value is -1.83. The van der Waals surface area contributed by atoms with Crippen molar-refractivity contribution in [3.63, 3.8) is 0 Å². The van der Waals surface area contributed by atoms with Crippen molar-refractivity contribution in [1.29, 1.82) is 0 Å². The number of benzene rings is 2. The standard InChI is InChI=1S/C23H29FO5/c1-4-13-5-8-15(9-6-13)23(2,3)16-11-14(7-10-17(16)24)22-21(28)20(27)19(26)18(12-25)29-22/h5-11,18-22,25-28H,4,12H2,1-3H3. The predicted molar refractivity (Wildman–Crippen MR) is 107 cm³/mol. The maximum atomic E-state index is 14.8. The van der Waals surface area contributed by atoms with Crippen LogP contribution in [-0.4, -0.2) is 51.4 Å². The summed E-state index contributed by atoms with van der Waals surface area (Å²) < 4.78 is 20.4. The predicted octanol–water partition coefficient (Wildman–Crippen LogP) is 2.23. The molecule has 1 aliphatic rings. The molecule has 5 unspecified atom stereocenters. The van der Waals surface area contributed by atoms with Crippen LogP contribution in [0, 0.1) is 5.82 Å². The fourth-order valence-corrected chi connectivity index (χ4v) is 3.89. The number of aryl methyl sites for hydroxylation is 1. The average molecular weight is 404 g/mol. The Labute approximate surface area is 170 Å². The largest absolute Gasteiger partial charge is 0.394 e. The van der Waals surface area contributed by atoms with Crippen LogP contribution in [0.4, 0.5) is 4.39 Å². The zero-order valence-corrected chi connectivity index (χ0v) is 16.9. The molecule has 6 heteroatoms. The highest BCUT2D eigenvalue weighted by Crippen LogP contribution is 2.38. The third-order valence-electron chi connectivity index (χ3n) is 5.97. The fourth-order valence-electron chi connectivity index (χ4n) is 3.89. The van der Waals surface area contributed by atoms with Crippen LogP contribution in [0.3, 0.4) is 0 Å². The van der Waals surface area contributed by atoms with Gasteiger partial charge in [-0.05, 0) is 40.8 Å². The minimum Gasteiger partial charge on any atom is -0.394 e. The van der Waals surface area contributed by atoms with Crippen LogP contribution >= 0.6 is 0 Å². The first kappa shape index (κ1) is 21.9. The van der Waals surface area contributed by atoms with Gasteiger partial charge in [-0.1, -0.05) is 51.1 Å². The molecule has 1 aliphatic heterocycles. The lowest BCUT2D eigenvalue weighted by Gasteiger charge is -2.40. The van der Waals surface area contributed by atoms with Crippen LogP contribution in [0.2, 0.25) is 0 Å². The summed E-state index contributed by atoms with van der Waals surface area (Å²) in [4.78, 5) is 0. The van der Waals surface area contributed by atoms with Gasteiger partial charge in [-0.2, -0.15) is 0 Å². The molecular formula is C23H29FO5. The van der Waals surface area contributed by atoms with E-state index in [2.05, 4.69) is 6.92 Å². The van der Waals surface area contributed by atoms with E-state index in [1.54, 1.807) is 6.07 Å². The minimum absolute atomic E-state index is 0.386. The SMILES string of the molecule is CCc1ccc(C(C)(C)c2cc(C3OC(CO)C(O)C(O)C3O)ccc2F)cc1. The zero-order chi connectivity index (χ0) is 21.3. The van der Waals surface area contributed by atoms with E-state index in [4.69, 9.17) is 4.74 Å². The van der Waals surface area contributed by atoms with Crippen LogP contribution in [0.25, 0.3) is 0 Å². The Morgan fingerprint density at radius 3 is 2.21 bits per heavy atom. The van der Waals surface area contributed by atoms with Crippen molar-refractivity contribution < 1.29 is 29.6 Å². The average Bonchev–Trinajstić information content (AvgIpc) is 2.73. The minimum atomic E-state index is -1.48. The zero-order valence-electron chi connectivity index (χ0n) is 16.9. The number of halogens is 1. The second-order valence-corrected chi connectivity index (χ2v) is 8.16. The molecule has 158 valence electrons. The molecule has 2 aromatic carbocycles. The van der Waals surface area contributed by atoms with Gasteiger partial charge in [-0.25, -0.2) is 4.39 Å². The van der Waals surface area contributed by atoms with Crippen molar-refractivity contribution in [1.82, 2.24) is 0 Å². The highest BCUT2D eigenvalue weighted by atomic mass is 19.1. The van der Waals surface area contributed by atoms with E-state index in [1.165, 1.54) is 17.7 Å². The number of aliphatic hydroxyl groups is 4. The Morgan fingerprint density at radius 1 is 0.966 bits per heavy atom. The molecule has 0 aromatic heterocycles. The molecule has 3 rings (SSSR count). The Kier molecular flexibility index (Phi) is 6.41. The molecule has 1 fully saturated rings. The molecule has 5 nitrogen and oxygen atoms in total. The van der Waals surface area contributed by atoms with Gasteiger partial charge in [0.15, 0.2) is 0 Å². The van der Waals surface area contributed by atoms with E-state index in [0.717, 1.165) is 12.0 Å². The quantitative estimate of drug-likeness (QED) is 0.614. The number of hydrogen-bond donors (Lipinski definition) is 4. The maximum absolute atomic E-state index is 14.8. The summed E-state index contributed by atoms with van der Waals surface area (Å²) >= 11 is 0. The van der Waals surface area contributed by atoms with Crippen LogP contribution in [0.1, 0.15) is 49.1 Å². The number of rotatable bonds is 5. The molecule has 0 spiro atoms. The summed E-state index contributed by atoms with van der Waals surface area (Å²) in [6.45, 7) is 5.40. The molecule has 0 aliphatic carbocycles. The van der Waals surface area contributed by atoms with Gasteiger partial charge in [-0.3, -0.25) is 0 Å².